The third kappa shape index (κ3) is 3.30. The number of carbonyl (C=O) groups excluding carboxylic acids is 3. The molecule has 1 N–H and O–H groups in total. The fourth-order valence-corrected chi connectivity index (χ4v) is 7.41. The minimum absolute atomic E-state index is 0.0905. The zero-order chi connectivity index (χ0) is 29.0. The molecule has 3 heterocycles. The number of hydrogen-bond donors (Lipinski definition) is 1. The van der Waals surface area contributed by atoms with Crippen molar-refractivity contribution in [2.45, 2.75) is 90.1 Å². The highest BCUT2D eigenvalue weighted by Crippen LogP contribution is 2.68. The third-order valence-electron chi connectivity index (χ3n) is 9.23. The summed E-state index contributed by atoms with van der Waals surface area (Å²) in [7, 11) is 0. The second kappa shape index (κ2) is 8.29. The van der Waals surface area contributed by atoms with Gasteiger partial charge in [0.05, 0.1) is 11.2 Å². The number of carbonyl (C=O) groups is 3. The molecule has 7 nitrogen and oxygen atoms in total. The zero-order valence-electron chi connectivity index (χ0n) is 24.1. The van der Waals surface area contributed by atoms with Crippen LogP contribution in [-0.4, -0.2) is 45.4 Å². The largest absolute Gasteiger partial charge is 0.506 e. The molecule has 1 spiro atoms. The number of hydrogen-bond acceptors (Lipinski definition) is 7. The van der Waals surface area contributed by atoms with Gasteiger partial charge in [0.2, 0.25) is 0 Å². The number of benzene rings is 1. The second-order valence-corrected chi connectivity index (χ2v) is 13.1. The molecular formula is C33H36O7. The van der Waals surface area contributed by atoms with Gasteiger partial charge in [0, 0.05) is 29.4 Å². The Morgan fingerprint density at radius 2 is 1.80 bits per heavy atom. The lowest BCUT2D eigenvalue weighted by molar-refractivity contribution is -0.171. The van der Waals surface area contributed by atoms with Crippen LogP contribution in [0.15, 0.2) is 41.0 Å². The Bertz CT molecular complexity index is 1510. The lowest BCUT2D eigenvalue weighted by Gasteiger charge is -2.56. The summed E-state index contributed by atoms with van der Waals surface area (Å²) in [4.78, 5) is 40.1. The molecule has 4 bridgehead atoms. The highest BCUT2D eigenvalue weighted by molar-refractivity contribution is 6.19. The molecular weight excluding hydrogens is 508 g/mol. The number of rotatable bonds is 5. The summed E-state index contributed by atoms with van der Waals surface area (Å²) in [6.07, 6.45) is 10.8. The zero-order valence-corrected chi connectivity index (χ0v) is 24.1. The van der Waals surface area contributed by atoms with Crippen LogP contribution < -0.4 is 9.47 Å². The van der Waals surface area contributed by atoms with Gasteiger partial charge in [0.1, 0.15) is 34.7 Å². The SMILES string of the molecule is CC(C)=CCc1c2c(c(O)c3c1O[C@]14C(=C[C@@H]5C[C@H]1C(C)(C)O[C@@]4(C/C=C(\C)C=O)C5=O)C3=O)C=CC(C)(C)O2. The Morgan fingerprint density at radius 1 is 1.07 bits per heavy atom. The molecule has 40 heavy (non-hydrogen) atoms. The Labute approximate surface area is 234 Å². The van der Waals surface area contributed by atoms with E-state index in [9.17, 15) is 19.5 Å². The number of ketones is 2. The van der Waals surface area contributed by atoms with Crippen LogP contribution in [0, 0.1) is 11.8 Å². The molecule has 0 radical (unpaired) electrons. The highest BCUT2D eigenvalue weighted by Gasteiger charge is 2.81. The van der Waals surface area contributed by atoms with E-state index < -0.39 is 28.3 Å². The Balaban J connectivity index is 1.67. The molecule has 4 atom stereocenters. The van der Waals surface area contributed by atoms with E-state index in [1.807, 2.05) is 53.7 Å². The van der Waals surface area contributed by atoms with Crippen molar-refractivity contribution in [2.75, 3.05) is 0 Å². The maximum absolute atomic E-state index is 14.5. The summed E-state index contributed by atoms with van der Waals surface area (Å²) in [5, 5.41) is 11.5. The quantitative estimate of drug-likeness (QED) is 0.292. The van der Waals surface area contributed by atoms with E-state index in [0.717, 1.165) is 11.9 Å². The molecule has 2 fully saturated rings. The Hall–Kier alpha value is -3.45. The van der Waals surface area contributed by atoms with Crippen LogP contribution in [0.1, 0.15) is 82.8 Å². The van der Waals surface area contributed by atoms with Gasteiger partial charge in [-0.1, -0.05) is 23.8 Å². The summed E-state index contributed by atoms with van der Waals surface area (Å²) in [5.74, 6) is -0.814. The number of phenols is 1. The van der Waals surface area contributed by atoms with E-state index in [0.29, 0.717) is 40.9 Å². The van der Waals surface area contributed by atoms with Crippen molar-refractivity contribution in [1.29, 1.82) is 0 Å². The van der Waals surface area contributed by atoms with Crippen LogP contribution in [0.2, 0.25) is 0 Å². The average molecular weight is 545 g/mol. The van der Waals surface area contributed by atoms with E-state index in [-0.39, 0.29) is 41.0 Å². The van der Waals surface area contributed by atoms with Gasteiger partial charge in [0.25, 0.3) is 0 Å². The van der Waals surface area contributed by atoms with Crippen LogP contribution in [0.3, 0.4) is 0 Å². The average Bonchev–Trinajstić information content (AvgIpc) is 3.03. The molecule has 1 aromatic rings. The molecule has 0 aromatic heterocycles. The molecule has 1 saturated heterocycles. The summed E-state index contributed by atoms with van der Waals surface area (Å²) < 4.78 is 20.2. The molecule has 0 unspecified atom stereocenters. The minimum atomic E-state index is -1.49. The summed E-state index contributed by atoms with van der Waals surface area (Å²) >= 11 is 0. The minimum Gasteiger partial charge on any atom is -0.506 e. The molecule has 3 aliphatic heterocycles. The van der Waals surface area contributed by atoms with Crippen molar-refractivity contribution in [3.8, 4) is 17.2 Å². The maximum Gasteiger partial charge on any atom is 0.200 e. The van der Waals surface area contributed by atoms with Crippen LogP contribution in [0.5, 0.6) is 17.2 Å². The molecule has 0 amide bonds. The van der Waals surface area contributed by atoms with Crippen LogP contribution in [-0.2, 0) is 20.7 Å². The van der Waals surface area contributed by atoms with Gasteiger partial charge in [-0.05, 0) is 79.0 Å². The lowest BCUT2D eigenvalue weighted by Crippen LogP contribution is -2.72. The number of ether oxygens (including phenoxy) is 3. The number of phenolic OH excluding ortho intramolecular Hbond substituents is 1. The predicted molar refractivity (Wildman–Crippen MR) is 150 cm³/mol. The smallest absolute Gasteiger partial charge is 0.200 e. The standard InChI is InChI=1S/C33H36O7/c1-17(2)8-9-21-27-20(11-12-30(4,5)38-27)25(35)24-26(36)22-14-19-15-23-31(6,7)40-32(29(19)37,13-10-18(3)16-34)33(22,23)39-28(21)24/h8,10-12,14,16,19,23,35H,9,13,15H2,1-7H3/b18-10+/t19-,23+,32+,33-/m1/s1. The first kappa shape index (κ1) is 26.8. The van der Waals surface area contributed by atoms with Crippen LogP contribution in [0.25, 0.3) is 6.08 Å². The van der Waals surface area contributed by atoms with Crippen molar-refractivity contribution in [3.63, 3.8) is 0 Å². The summed E-state index contributed by atoms with van der Waals surface area (Å²) in [5.41, 5.74) is -1.26. The van der Waals surface area contributed by atoms with Gasteiger partial charge in [-0.25, -0.2) is 0 Å². The second-order valence-electron chi connectivity index (χ2n) is 13.1. The van der Waals surface area contributed by atoms with Gasteiger partial charge >= 0.3 is 0 Å². The third-order valence-corrected chi connectivity index (χ3v) is 9.23. The van der Waals surface area contributed by atoms with Gasteiger partial charge in [-0.2, -0.15) is 0 Å². The van der Waals surface area contributed by atoms with Crippen molar-refractivity contribution in [2.24, 2.45) is 11.8 Å². The number of fused-ring (bicyclic) bond motifs is 2. The van der Waals surface area contributed by atoms with E-state index >= 15 is 0 Å². The lowest BCUT2D eigenvalue weighted by atomic mass is 9.51. The number of Topliss-reactive ketones (excluding diaryl/α,β-unsaturated/α-hetero) is 2. The fourth-order valence-electron chi connectivity index (χ4n) is 7.41. The highest BCUT2D eigenvalue weighted by atomic mass is 16.6. The van der Waals surface area contributed by atoms with Gasteiger partial charge < -0.3 is 19.3 Å². The maximum atomic E-state index is 14.5. The van der Waals surface area contributed by atoms with Crippen molar-refractivity contribution < 1.29 is 33.7 Å². The van der Waals surface area contributed by atoms with E-state index in [2.05, 4.69) is 0 Å². The molecule has 1 aromatic carbocycles. The molecule has 3 aliphatic carbocycles. The normalized spacial score (nSPS) is 31.9. The molecule has 7 heteroatoms. The molecule has 6 aliphatic rings. The first-order chi connectivity index (χ1) is 18.7. The van der Waals surface area contributed by atoms with E-state index in [1.54, 1.807) is 25.2 Å². The summed E-state index contributed by atoms with van der Waals surface area (Å²) in [6.45, 7) is 13.4. The van der Waals surface area contributed by atoms with E-state index in [4.69, 9.17) is 14.2 Å². The topological polar surface area (TPSA) is 99.1 Å². The Kier molecular flexibility index (Phi) is 5.54. The van der Waals surface area contributed by atoms with Crippen molar-refractivity contribution in [3.05, 3.63) is 57.7 Å². The molecule has 7 rings (SSSR count). The monoisotopic (exact) mass is 544 g/mol. The number of aldehydes is 1. The van der Waals surface area contributed by atoms with Crippen molar-refractivity contribution in [1.82, 2.24) is 0 Å². The Morgan fingerprint density at radius 3 is 2.48 bits per heavy atom. The van der Waals surface area contributed by atoms with Crippen LogP contribution in [0.4, 0.5) is 0 Å². The predicted octanol–water partition coefficient (Wildman–Crippen LogP) is 5.63. The van der Waals surface area contributed by atoms with Crippen LogP contribution >= 0.6 is 0 Å². The van der Waals surface area contributed by atoms with Crippen molar-refractivity contribution >= 4 is 23.9 Å². The molecule has 1 saturated carbocycles. The van der Waals surface area contributed by atoms with Gasteiger partial charge in [-0.3, -0.25) is 14.4 Å². The first-order valence-electron chi connectivity index (χ1n) is 13.9. The van der Waals surface area contributed by atoms with E-state index in [1.165, 1.54) is 0 Å². The van der Waals surface area contributed by atoms with Gasteiger partial charge in [0.15, 0.2) is 22.8 Å². The first-order valence-corrected chi connectivity index (χ1v) is 13.9. The van der Waals surface area contributed by atoms with Gasteiger partial charge in [-0.15, -0.1) is 0 Å². The summed E-state index contributed by atoms with van der Waals surface area (Å²) in [6, 6.07) is 0. The molecule has 210 valence electrons. The number of aromatic hydroxyl groups is 1. The fraction of sp³-hybridized carbons (Fsp3) is 0.485. The number of allylic oxidation sites excluding steroid dienone is 4.